The van der Waals surface area contributed by atoms with Gasteiger partial charge in [-0.3, -0.25) is 0 Å². The Morgan fingerprint density at radius 2 is 0.514 bits per heavy atom. The third-order valence-electron chi connectivity index (χ3n) is 6.40. The zero-order valence-electron chi connectivity index (χ0n) is 19.8. The number of nitrogens with zero attached hydrogens (tertiary/aromatic N) is 4. The van der Waals surface area contributed by atoms with Gasteiger partial charge in [-0.15, -0.1) is 22.1 Å². The Morgan fingerprint density at radius 3 is 0.730 bits per heavy atom. The molecular weight excluding hydrogens is 619 g/mol. The minimum Gasteiger partial charge on any atom is -0.658 e. The third kappa shape index (κ3) is 4.47. The largest absolute Gasteiger partial charge is 4.00 e. The molecule has 0 radical (unpaired) electrons. The van der Waals surface area contributed by atoms with Gasteiger partial charge in [-0.25, -0.2) is 0 Å². The van der Waals surface area contributed by atoms with Crippen molar-refractivity contribution in [2.75, 3.05) is 0 Å². The molecule has 4 aromatic carbocycles. The third-order valence-corrected chi connectivity index (χ3v) is 6.40. The van der Waals surface area contributed by atoms with E-state index < -0.39 is 0 Å². The van der Waals surface area contributed by atoms with Crippen molar-refractivity contribution in [2.24, 2.45) is 0 Å². The quantitative estimate of drug-likeness (QED) is 0.189. The van der Waals surface area contributed by atoms with E-state index in [9.17, 15) is 0 Å². The van der Waals surface area contributed by atoms with Crippen LogP contribution in [0, 0.1) is 0 Å². The molecule has 0 saturated heterocycles. The second-order valence-corrected chi connectivity index (χ2v) is 8.80. The summed E-state index contributed by atoms with van der Waals surface area (Å²) in [5.74, 6) is 0. The predicted octanol–water partition coefficient (Wildman–Crippen LogP) is 7.15. The molecule has 0 unspecified atom stereocenters. The van der Waals surface area contributed by atoms with Crippen LogP contribution < -0.4 is 19.9 Å². The molecule has 37 heavy (non-hydrogen) atoms. The zero-order chi connectivity index (χ0) is 23.9. The van der Waals surface area contributed by atoms with Crippen molar-refractivity contribution < 1.29 is 25.8 Å². The van der Waals surface area contributed by atoms with Crippen LogP contribution in [0.1, 0.15) is 0 Å². The molecular formula is C32H20HfN4. The first-order chi connectivity index (χ1) is 17.8. The van der Waals surface area contributed by atoms with Crippen molar-refractivity contribution in [1.82, 2.24) is 19.9 Å². The fourth-order valence-electron chi connectivity index (χ4n) is 4.61. The Labute approximate surface area is 232 Å². The summed E-state index contributed by atoms with van der Waals surface area (Å²) in [6.45, 7) is 0. The molecule has 8 rings (SSSR count). The van der Waals surface area contributed by atoms with Crippen LogP contribution in [0.25, 0.3) is 66.4 Å². The SMILES string of the molecule is [Hf+4].c1ccc2[n-]c(-c3cc4ccccc4[n-]3)cc2c1.c1ccc2[n-]c(-c3cc4ccccc4[n-]3)cc2c1. The molecule has 0 N–H and O–H groups in total. The van der Waals surface area contributed by atoms with E-state index in [0.717, 1.165) is 44.8 Å². The maximum atomic E-state index is 4.62. The zero-order valence-corrected chi connectivity index (χ0v) is 23.4. The molecule has 4 aromatic heterocycles. The topological polar surface area (TPSA) is 56.4 Å². The van der Waals surface area contributed by atoms with Crippen molar-refractivity contribution in [2.45, 2.75) is 0 Å². The molecule has 0 aliphatic rings. The van der Waals surface area contributed by atoms with Crippen LogP contribution in [0.5, 0.6) is 0 Å². The van der Waals surface area contributed by atoms with Gasteiger partial charge in [0.1, 0.15) is 0 Å². The Bertz CT molecular complexity index is 1550. The van der Waals surface area contributed by atoms with Crippen LogP contribution in [0.2, 0.25) is 0 Å². The van der Waals surface area contributed by atoms with Gasteiger partial charge < -0.3 is 19.9 Å². The fourth-order valence-corrected chi connectivity index (χ4v) is 4.61. The normalized spacial score (nSPS) is 11.0. The number of fused-ring (bicyclic) bond motifs is 4. The predicted molar refractivity (Wildman–Crippen MR) is 147 cm³/mol. The summed E-state index contributed by atoms with van der Waals surface area (Å²) in [5.41, 5.74) is 7.91. The van der Waals surface area contributed by atoms with Crippen LogP contribution in [0.15, 0.2) is 121 Å². The molecule has 0 bridgehead atoms. The number of aromatic nitrogens is 4. The van der Waals surface area contributed by atoms with Gasteiger partial charge in [0, 0.05) is 0 Å². The van der Waals surface area contributed by atoms with E-state index >= 15 is 0 Å². The Hall–Kier alpha value is -4.09. The molecule has 0 spiro atoms. The van der Waals surface area contributed by atoms with Crippen LogP contribution in [-0.4, -0.2) is 0 Å². The van der Waals surface area contributed by atoms with Crippen molar-refractivity contribution in [3.8, 4) is 22.8 Å². The number of benzene rings is 4. The van der Waals surface area contributed by atoms with Gasteiger partial charge in [0.05, 0.1) is 0 Å². The monoisotopic (exact) mass is 640 g/mol. The minimum absolute atomic E-state index is 0. The van der Waals surface area contributed by atoms with E-state index in [1.165, 1.54) is 21.5 Å². The summed E-state index contributed by atoms with van der Waals surface area (Å²) in [6, 6.07) is 41.0. The minimum atomic E-state index is 0. The van der Waals surface area contributed by atoms with Gasteiger partial charge in [-0.05, 0) is 21.5 Å². The van der Waals surface area contributed by atoms with Crippen LogP contribution in [0.3, 0.4) is 0 Å². The van der Waals surface area contributed by atoms with E-state index in [0.29, 0.717) is 0 Å². The summed E-state index contributed by atoms with van der Waals surface area (Å²) >= 11 is 0. The second-order valence-electron chi connectivity index (χ2n) is 8.80. The molecule has 0 fully saturated rings. The van der Waals surface area contributed by atoms with E-state index in [-0.39, 0.29) is 25.8 Å². The average Bonchev–Trinajstić information content (AvgIpc) is 3.70. The van der Waals surface area contributed by atoms with E-state index in [4.69, 9.17) is 0 Å². The van der Waals surface area contributed by atoms with Gasteiger partial charge >= 0.3 is 25.8 Å². The van der Waals surface area contributed by atoms with E-state index in [1.807, 2.05) is 72.8 Å². The maximum Gasteiger partial charge on any atom is 4.00 e. The van der Waals surface area contributed by atoms with Crippen molar-refractivity contribution >= 4 is 43.6 Å². The number of hydrogen-bond acceptors (Lipinski definition) is 0. The first-order valence-corrected chi connectivity index (χ1v) is 11.9. The molecule has 0 saturated carbocycles. The molecule has 4 nitrogen and oxygen atoms in total. The standard InChI is InChI=1S/2C16H10N2.Hf/c2*1-3-7-13-11(5-1)9-15(17-13)16-10-12-6-2-4-8-14(12)18-16;/h2*1-10H;/q2*-2;+4. The van der Waals surface area contributed by atoms with Gasteiger partial charge in [0.2, 0.25) is 0 Å². The number of hydrogen-bond donors (Lipinski definition) is 0. The molecule has 172 valence electrons. The molecule has 0 atom stereocenters. The van der Waals surface area contributed by atoms with Gasteiger partial charge in [-0.1, -0.05) is 121 Å². The first kappa shape index (κ1) is 23.3. The maximum absolute atomic E-state index is 4.62. The summed E-state index contributed by atoms with van der Waals surface area (Å²) in [6.07, 6.45) is 0. The van der Waals surface area contributed by atoms with Gasteiger partial charge in [0.15, 0.2) is 0 Å². The van der Waals surface area contributed by atoms with E-state index in [1.54, 1.807) is 0 Å². The van der Waals surface area contributed by atoms with Gasteiger partial charge in [0.25, 0.3) is 0 Å². The first-order valence-electron chi connectivity index (χ1n) is 11.9. The van der Waals surface area contributed by atoms with Crippen LogP contribution >= 0.6 is 0 Å². The van der Waals surface area contributed by atoms with Crippen molar-refractivity contribution in [3.05, 3.63) is 121 Å². The summed E-state index contributed by atoms with van der Waals surface area (Å²) in [7, 11) is 0. The second kappa shape index (κ2) is 9.75. The number of para-hydroxylation sites is 4. The molecule has 4 heterocycles. The van der Waals surface area contributed by atoms with Gasteiger partial charge in [-0.2, -0.15) is 22.8 Å². The summed E-state index contributed by atoms with van der Waals surface area (Å²) < 4.78 is 0. The average molecular weight is 639 g/mol. The Balaban J connectivity index is 0.000000133. The fraction of sp³-hybridized carbons (Fsp3) is 0. The molecule has 0 amide bonds. The smallest absolute Gasteiger partial charge is 0.658 e. The molecule has 5 heteroatoms. The summed E-state index contributed by atoms with van der Waals surface area (Å²) in [5, 5.41) is 4.67. The molecule has 0 aliphatic carbocycles. The van der Waals surface area contributed by atoms with Crippen molar-refractivity contribution in [3.63, 3.8) is 0 Å². The number of rotatable bonds is 2. The Kier molecular flexibility index (Phi) is 6.15. The molecule has 0 aliphatic heterocycles. The summed E-state index contributed by atoms with van der Waals surface area (Å²) in [4.78, 5) is 18.5. The van der Waals surface area contributed by atoms with Crippen LogP contribution in [-0.2, 0) is 25.8 Å². The van der Waals surface area contributed by atoms with Crippen LogP contribution in [0.4, 0.5) is 0 Å². The Morgan fingerprint density at radius 1 is 0.297 bits per heavy atom. The molecule has 8 aromatic rings. The van der Waals surface area contributed by atoms with Crippen molar-refractivity contribution in [1.29, 1.82) is 0 Å². The van der Waals surface area contributed by atoms with E-state index in [2.05, 4.69) is 68.5 Å².